The Morgan fingerprint density at radius 2 is 1.87 bits per heavy atom. The molecule has 7 nitrogen and oxygen atoms in total. The molecule has 0 unspecified atom stereocenters. The number of rotatable bonds is 4. The molecule has 120 valence electrons. The third kappa shape index (κ3) is 5.35. The van der Waals surface area contributed by atoms with E-state index >= 15 is 0 Å². The van der Waals surface area contributed by atoms with Crippen molar-refractivity contribution in [1.29, 1.82) is 0 Å². The van der Waals surface area contributed by atoms with Crippen LogP contribution in [0.5, 0.6) is 0 Å². The zero-order chi connectivity index (χ0) is 16.8. The fraction of sp³-hybridized carbons (Fsp3) is 0.143. The van der Waals surface area contributed by atoms with Gasteiger partial charge in [0.1, 0.15) is 16.7 Å². The predicted molar refractivity (Wildman–Crippen MR) is 95.3 cm³/mol. The maximum atomic E-state index is 11.0. The minimum Gasteiger partial charge on any atom is -0.382 e. The molecule has 23 heavy (non-hydrogen) atoms. The number of nitrogens with two attached hydrogens (primary N) is 1. The summed E-state index contributed by atoms with van der Waals surface area (Å²) < 4.78 is 0. The van der Waals surface area contributed by atoms with Crippen molar-refractivity contribution in [2.24, 2.45) is 0 Å². The highest BCUT2D eigenvalue weighted by Crippen LogP contribution is 2.14. The van der Waals surface area contributed by atoms with Crippen LogP contribution in [0.25, 0.3) is 0 Å². The molecule has 1 aromatic carbocycles. The first-order valence-electron chi connectivity index (χ1n) is 6.63. The summed E-state index contributed by atoms with van der Waals surface area (Å²) >= 11 is 11.0. The maximum Gasteiger partial charge on any atom is 0.221 e. The van der Waals surface area contributed by atoms with Crippen LogP contribution >= 0.6 is 23.8 Å². The van der Waals surface area contributed by atoms with Crippen molar-refractivity contribution < 1.29 is 4.79 Å². The van der Waals surface area contributed by atoms with Crippen LogP contribution in [0.4, 0.5) is 17.2 Å². The van der Waals surface area contributed by atoms with Crippen LogP contribution < -0.4 is 21.7 Å². The number of hydrogen-bond acceptors (Lipinski definition) is 5. The van der Waals surface area contributed by atoms with Gasteiger partial charge in [0.15, 0.2) is 5.11 Å². The molecular weight excluding hydrogens is 336 g/mol. The van der Waals surface area contributed by atoms with Gasteiger partial charge >= 0.3 is 0 Å². The Hall–Kier alpha value is -2.45. The number of halogens is 1. The first-order valence-corrected chi connectivity index (χ1v) is 7.42. The van der Waals surface area contributed by atoms with Gasteiger partial charge in [-0.3, -0.25) is 4.79 Å². The fourth-order valence-electron chi connectivity index (χ4n) is 1.72. The van der Waals surface area contributed by atoms with E-state index in [1.807, 2.05) is 0 Å². The van der Waals surface area contributed by atoms with Crippen molar-refractivity contribution in [2.75, 3.05) is 16.4 Å². The highest BCUT2D eigenvalue weighted by Gasteiger charge is 2.05. The lowest BCUT2D eigenvalue weighted by Crippen LogP contribution is -2.28. The number of nitrogen functional groups attached to an aromatic ring is 1. The molecule has 1 amide bonds. The minimum atomic E-state index is -0.122. The molecule has 2 rings (SSSR count). The topological polar surface area (TPSA) is 105 Å². The van der Waals surface area contributed by atoms with Crippen molar-refractivity contribution in [3.63, 3.8) is 0 Å². The fourth-order valence-corrected chi connectivity index (χ4v) is 2.06. The molecule has 0 bridgehead atoms. The number of amides is 1. The summed E-state index contributed by atoms with van der Waals surface area (Å²) in [6, 6.07) is 7.14. The van der Waals surface area contributed by atoms with Gasteiger partial charge in [-0.25, -0.2) is 9.97 Å². The van der Waals surface area contributed by atoms with E-state index in [0.29, 0.717) is 28.9 Å². The lowest BCUT2D eigenvalue weighted by Gasteiger charge is -2.11. The Morgan fingerprint density at radius 3 is 2.48 bits per heavy atom. The molecular formula is C14H15ClN6OS. The van der Waals surface area contributed by atoms with Gasteiger partial charge in [0.25, 0.3) is 0 Å². The number of nitrogens with one attached hydrogen (secondary N) is 3. The molecule has 0 fully saturated rings. The van der Waals surface area contributed by atoms with Crippen LogP contribution in [-0.4, -0.2) is 21.0 Å². The molecule has 2 aromatic rings. The highest BCUT2D eigenvalue weighted by molar-refractivity contribution is 7.80. The van der Waals surface area contributed by atoms with E-state index < -0.39 is 0 Å². The van der Waals surface area contributed by atoms with E-state index in [4.69, 9.17) is 29.6 Å². The second-order valence-electron chi connectivity index (χ2n) is 4.59. The molecule has 0 aliphatic carbocycles. The second kappa shape index (κ2) is 7.70. The third-order valence-electron chi connectivity index (χ3n) is 2.73. The summed E-state index contributed by atoms with van der Waals surface area (Å²) in [5, 5.41) is 9.34. The van der Waals surface area contributed by atoms with Gasteiger partial charge in [-0.2, -0.15) is 0 Å². The second-order valence-corrected chi connectivity index (χ2v) is 5.39. The SMILES string of the molecule is CC(=O)Nc1ccc(NC(=S)NCc2nc(Cl)cnc2N)cc1. The van der Waals surface area contributed by atoms with E-state index in [9.17, 15) is 4.79 Å². The smallest absolute Gasteiger partial charge is 0.221 e. The lowest BCUT2D eigenvalue weighted by atomic mass is 10.3. The molecule has 9 heteroatoms. The van der Waals surface area contributed by atoms with Crippen molar-refractivity contribution in [3.05, 3.63) is 41.3 Å². The van der Waals surface area contributed by atoms with Crippen LogP contribution in [-0.2, 0) is 11.3 Å². The van der Waals surface area contributed by atoms with E-state index in [0.717, 1.165) is 5.69 Å². The largest absolute Gasteiger partial charge is 0.382 e. The van der Waals surface area contributed by atoms with Crippen molar-refractivity contribution in [1.82, 2.24) is 15.3 Å². The van der Waals surface area contributed by atoms with Crippen LogP contribution in [0.1, 0.15) is 12.6 Å². The normalized spacial score (nSPS) is 10.0. The maximum absolute atomic E-state index is 11.0. The Labute approximate surface area is 143 Å². The summed E-state index contributed by atoms with van der Waals surface area (Å²) in [4.78, 5) is 19.0. The average molecular weight is 351 g/mol. The third-order valence-corrected chi connectivity index (χ3v) is 3.16. The molecule has 0 spiro atoms. The van der Waals surface area contributed by atoms with Crippen LogP contribution in [0, 0.1) is 0 Å². The van der Waals surface area contributed by atoms with Gasteiger partial charge in [0.2, 0.25) is 5.91 Å². The van der Waals surface area contributed by atoms with Gasteiger partial charge in [-0.15, -0.1) is 0 Å². The Bertz CT molecular complexity index is 722. The van der Waals surface area contributed by atoms with Gasteiger partial charge in [0, 0.05) is 18.3 Å². The van der Waals surface area contributed by atoms with Crippen LogP contribution in [0.3, 0.4) is 0 Å². The number of thiocarbonyl (C=S) groups is 1. The Morgan fingerprint density at radius 1 is 1.26 bits per heavy atom. The molecule has 0 atom stereocenters. The highest BCUT2D eigenvalue weighted by atomic mass is 35.5. The van der Waals surface area contributed by atoms with E-state index in [1.54, 1.807) is 24.3 Å². The number of nitrogens with zero attached hydrogens (tertiary/aromatic N) is 2. The summed E-state index contributed by atoms with van der Waals surface area (Å²) in [5.74, 6) is 0.174. The van der Waals surface area contributed by atoms with E-state index in [1.165, 1.54) is 13.1 Å². The molecule has 0 aliphatic heterocycles. The molecule has 0 aliphatic rings. The zero-order valence-corrected chi connectivity index (χ0v) is 13.8. The van der Waals surface area contributed by atoms with Crippen molar-refractivity contribution >= 4 is 52.0 Å². The summed E-state index contributed by atoms with van der Waals surface area (Å²) in [5.41, 5.74) is 7.72. The first kappa shape index (κ1) is 16.9. The monoisotopic (exact) mass is 350 g/mol. The van der Waals surface area contributed by atoms with Gasteiger partial charge in [-0.05, 0) is 36.5 Å². The van der Waals surface area contributed by atoms with Gasteiger partial charge < -0.3 is 21.7 Å². The summed E-state index contributed by atoms with van der Waals surface area (Å²) in [6.07, 6.45) is 1.38. The predicted octanol–water partition coefficient (Wildman–Crippen LogP) is 2.16. The average Bonchev–Trinajstić information content (AvgIpc) is 2.50. The number of anilines is 3. The summed E-state index contributed by atoms with van der Waals surface area (Å²) in [7, 11) is 0. The minimum absolute atomic E-state index is 0.122. The first-order chi connectivity index (χ1) is 10.9. The lowest BCUT2D eigenvalue weighted by molar-refractivity contribution is -0.114. The number of aromatic nitrogens is 2. The number of hydrogen-bond donors (Lipinski definition) is 4. The Balaban J connectivity index is 1.89. The Kier molecular flexibility index (Phi) is 5.67. The van der Waals surface area contributed by atoms with E-state index in [-0.39, 0.29) is 11.1 Å². The summed E-state index contributed by atoms with van der Waals surface area (Å²) in [6.45, 7) is 1.75. The molecule has 1 aromatic heterocycles. The van der Waals surface area contributed by atoms with Gasteiger partial charge in [0.05, 0.1) is 12.7 Å². The number of carbonyl (C=O) groups is 1. The van der Waals surface area contributed by atoms with Gasteiger partial charge in [-0.1, -0.05) is 11.6 Å². The number of benzene rings is 1. The molecule has 0 radical (unpaired) electrons. The van der Waals surface area contributed by atoms with Crippen LogP contribution in [0.15, 0.2) is 30.5 Å². The van der Waals surface area contributed by atoms with Crippen molar-refractivity contribution in [3.8, 4) is 0 Å². The number of carbonyl (C=O) groups excluding carboxylic acids is 1. The molecule has 5 N–H and O–H groups in total. The molecule has 1 heterocycles. The van der Waals surface area contributed by atoms with E-state index in [2.05, 4.69) is 25.9 Å². The van der Waals surface area contributed by atoms with Crippen LogP contribution in [0.2, 0.25) is 5.15 Å². The standard InChI is InChI=1S/C14H15ClN6OS/c1-8(22)19-9-2-4-10(5-3-9)20-14(23)18-6-11-13(16)17-7-12(15)21-11/h2-5,7H,6H2,1H3,(H2,16,17)(H,19,22)(H2,18,20,23). The molecule has 0 saturated carbocycles. The van der Waals surface area contributed by atoms with Crippen molar-refractivity contribution in [2.45, 2.75) is 13.5 Å². The molecule has 0 saturated heterocycles. The zero-order valence-electron chi connectivity index (χ0n) is 12.3. The quantitative estimate of drug-likeness (QED) is 0.626.